The van der Waals surface area contributed by atoms with Gasteiger partial charge in [0.2, 0.25) is 0 Å². The molecule has 0 bridgehead atoms. The van der Waals surface area contributed by atoms with E-state index in [1.165, 1.54) is 31.2 Å². The predicted octanol–water partition coefficient (Wildman–Crippen LogP) is 3.92. The number of azo groups is 1. The number of Topliss-reactive ketones (excluding diaryl/α,β-unsaturated/α-hetero) is 1. The zero-order chi connectivity index (χ0) is 22.0. The summed E-state index contributed by atoms with van der Waals surface area (Å²) in [6.07, 6.45) is 8.48. The number of carbonyl (C=O) groups excluding carboxylic acids is 1. The first kappa shape index (κ1) is 20.3. The number of fused-ring (bicyclic) bond motifs is 1. The van der Waals surface area contributed by atoms with E-state index in [4.69, 9.17) is 0 Å². The van der Waals surface area contributed by atoms with Gasteiger partial charge in [-0.2, -0.15) is 5.11 Å². The van der Waals surface area contributed by atoms with Crippen LogP contribution in [0.15, 0.2) is 100 Å². The maximum atomic E-state index is 12.0. The Labute approximate surface area is 179 Å². The van der Waals surface area contributed by atoms with Crippen molar-refractivity contribution in [3.8, 4) is 11.5 Å². The van der Waals surface area contributed by atoms with Crippen LogP contribution in [0.1, 0.15) is 18.1 Å². The van der Waals surface area contributed by atoms with Crippen molar-refractivity contribution in [2.75, 3.05) is 0 Å². The summed E-state index contributed by atoms with van der Waals surface area (Å²) >= 11 is 0. The van der Waals surface area contributed by atoms with Crippen molar-refractivity contribution in [3.05, 3.63) is 101 Å². The molecule has 0 spiro atoms. The van der Waals surface area contributed by atoms with Crippen LogP contribution in [0.25, 0.3) is 0 Å². The van der Waals surface area contributed by atoms with E-state index >= 15 is 0 Å². The number of aliphatic hydroxyl groups is 1. The fraction of sp³-hybridized carbons (Fsp3) is 0.125. The number of rotatable bonds is 5. The molecule has 2 aromatic rings. The van der Waals surface area contributed by atoms with Crippen LogP contribution in [0.4, 0.5) is 5.69 Å². The highest BCUT2D eigenvalue weighted by molar-refractivity contribution is 5.93. The predicted molar refractivity (Wildman–Crippen MR) is 116 cm³/mol. The van der Waals surface area contributed by atoms with Gasteiger partial charge in [-0.1, -0.05) is 18.2 Å². The normalized spacial score (nSPS) is 19.9. The highest BCUT2D eigenvalue weighted by Crippen LogP contribution is 2.35. The number of phenolic OH excluding ortho intramolecular Hbond substituents is 2. The Morgan fingerprint density at radius 1 is 1.13 bits per heavy atom. The van der Waals surface area contributed by atoms with Crippen LogP contribution in [-0.4, -0.2) is 26.7 Å². The third-order valence-electron chi connectivity index (χ3n) is 5.18. The van der Waals surface area contributed by atoms with Crippen molar-refractivity contribution in [2.24, 2.45) is 10.2 Å². The smallest absolute Gasteiger partial charge is 0.169 e. The van der Waals surface area contributed by atoms with Gasteiger partial charge in [0.05, 0.1) is 11.4 Å². The second-order valence-electron chi connectivity index (χ2n) is 7.36. The third kappa shape index (κ3) is 4.04. The number of hydrogen-bond acceptors (Lipinski definition) is 7. The van der Waals surface area contributed by atoms with Gasteiger partial charge in [0.15, 0.2) is 11.4 Å². The summed E-state index contributed by atoms with van der Waals surface area (Å²) in [5.74, 6) is -0.189. The Kier molecular flexibility index (Phi) is 5.27. The van der Waals surface area contributed by atoms with Crippen molar-refractivity contribution in [3.63, 3.8) is 0 Å². The number of phenols is 2. The lowest BCUT2D eigenvalue weighted by atomic mass is 9.82. The average Bonchev–Trinajstić information content (AvgIpc) is 2.76. The monoisotopic (exact) mass is 415 g/mol. The molecule has 7 heteroatoms. The Hall–Kier alpha value is -3.97. The molecular formula is C24H21N3O4. The van der Waals surface area contributed by atoms with Gasteiger partial charge in [0.1, 0.15) is 17.2 Å². The van der Waals surface area contributed by atoms with E-state index in [2.05, 4.69) is 15.5 Å². The lowest BCUT2D eigenvalue weighted by molar-refractivity contribution is -0.127. The van der Waals surface area contributed by atoms with Crippen LogP contribution in [0, 0.1) is 0 Å². The standard InChI is InChI=1S/C24H21N3O4/c1-15(28)24(31)10-9-21(23-20(24)6-3-11-25-23)27-26-18-5-2-4-16(13-18)12-17-14-19(29)7-8-22(17)30/h2-11,13-14,25,29-31H,12H2,1H3. The summed E-state index contributed by atoms with van der Waals surface area (Å²) in [7, 11) is 0. The van der Waals surface area contributed by atoms with Gasteiger partial charge in [0, 0.05) is 23.8 Å². The number of benzene rings is 2. The van der Waals surface area contributed by atoms with Gasteiger partial charge >= 0.3 is 0 Å². The number of aromatic hydroxyl groups is 2. The number of ketones is 1. The molecule has 31 heavy (non-hydrogen) atoms. The van der Waals surface area contributed by atoms with Gasteiger partial charge < -0.3 is 20.6 Å². The van der Waals surface area contributed by atoms with Crippen LogP contribution in [0.2, 0.25) is 0 Å². The van der Waals surface area contributed by atoms with E-state index in [1.54, 1.807) is 30.5 Å². The molecule has 0 saturated heterocycles. The van der Waals surface area contributed by atoms with Crippen LogP contribution >= 0.6 is 0 Å². The zero-order valence-corrected chi connectivity index (χ0v) is 16.8. The molecule has 0 fully saturated rings. The van der Waals surface area contributed by atoms with Gasteiger partial charge in [-0.05, 0) is 61.0 Å². The molecule has 0 saturated carbocycles. The molecule has 4 N–H and O–H groups in total. The summed E-state index contributed by atoms with van der Waals surface area (Å²) in [5.41, 5.74) is 1.82. The van der Waals surface area contributed by atoms with E-state index in [0.717, 1.165) is 5.56 Å². The summed E-state index contributed by atoms with van der Waals surface area (Å²) in [5, 5.41) is 42.0. The SMILES string of the molecule is CC(=O)C1(O)C=CC(N=Nc2cccc(Cc3cc(O)ccc3O)c2)=C2NC=CC=C21. The van der Waals surface area contributed by atoms with Crippen LogP contribution < -0.4 is 5.32 Å². The molecule has 2 aromatic carbocycles. The van der Waals surface area contributed by atoms with E-state index in [9.17, 15) is 20.1 Å². The second-order valence-corrected chi connectivity index (χ2v) is 7.36. The lowest BCUT2D eigenvalue weighted by Gasteiger charge is -2.31. The minimum atomic E-state index is -1.70. The van der Waals surface area contributed by atoms with E-state index in [0.29, 0.717) is 34.6 Å². The van der Waals surface area contributed by atoms with Gasteiger partial charge in [-0.3, -0.25) is 4.79 Å². The first-order chi connectivity index (χ1) is 14.9. The topological polar surface area (TPSA) is 115 Å². The third-order valence-corrected chi connectivity index (χ3v) is 5.18. The van der Waals surface area contributed by atoms with Crippen molar-refractivity contribution < 1.29 is 20.1 Å². The van der Waals surface area contributed by atoms with Gasteiger partial charge in [-0.15, -0.1) is 5.11 Å². The number of carbonyl (C=O) groups is 1. The molecule has 156 valence electrons. The highest BCUT2D eigenvalue weighted by Gasteiger charge is 2.39. The Balaban J connectivity index is 1.60. The molecule has 4 rings (SSSR count). The minimum absolute atomic E-state index is 0.0876. The summed E-state index contributed by atoms with van der Waals surface area (Å²) in [6.45, 7) is 1.34. The zero-order valence-electron chi connectivity index (χ0n) is 16.8. The summed E-state index contributed by atoms with van der Waals surface area (Å²) < 4.78 is 0. The Bertz CT molecular complexity index is 1210. The molecule has 7 nitrogen and oxygen atoms in total. The van der Waals surface area contributed by atoms with Gasteiger partial charge in [0.25, 0.3) is 0 Å². The summed E-state index contributed by atoms with van der Waals surface area (Å²) in [4.78, 5) is 12.0. The quantitative estimate of drug-likeness (QED) is 0.437. The molecule has 0 radical (unpaired) electrons. The molecule has 1 aliphatic heterocycles. The van der Waals surface area contributed by atoms with Crippen LogP contribution in [0.5, 0.6) is 11.5 Å². The summed E-state index contributed by atoms with van der Waals surface area (Å²) in [6, 6.07) is 11.8. The highest BCUT2D eigenvalue weighted by atomic mass is 16.3. The first-order valence-electron chi connectivity index (χ1n) is 9.69. The van der Waals surface area contributed by atoms with Crippen molar-refractivity contribution >= 4 is 11.5 Å². The Morgan fingerprint density at radius 3 is 2.77 bits per heavy atom. The number of hydrogen-bond donors (Lipinski definition) is 4. The molecule has 2 aliphatic rings. The number of allylic oxidation sites excluding steroid dienone is 3. The Morgan fingerprint density at radius 2 is 1.97 bits per heavy atom. The van der Waals surface area contributed by atoms with Crippen LogP contribution in [0.3, 0.4) is 0 Å². The van der Waals surface area contributed by atoms with E-state index < -0.39 is 5.60 Å². The van der Waals surface area contributed by atoms with E-state index in [-0.39, 0.29) is 17.3 Å². The number of nitrogens with zero attached hydrogens (tertiary/aromatic N) is 2. The average molecular weight is 415 g/mol. The minimum Gasteiger partial charge on any atom is -0.508 e. The largest absolute Gasteiger partial charge is 0.508 e. The molecule has 1 unspecified atom stereocenters. The molecule has 1 atom stereocenters. The fourth-order valence-corrected chi connectivity index (χ4v) is 3.50. The maximum absolute atomic E-state index is 12.0. The van der Waals surface area contributed by atoms with Gasteiger partial charge in [-0.25, -0.2) is 0 Å². The molecule has 1 heterocycles. The molecule has 0 aromatic heterocycles. The lowest BCUT2D eigenvalue weighted by Crippen LogP contribution is -2.41. The molecule has 1 aliphatic carbocycles. The van der Waals surface area contributed by atoms with Crippen molar-refractivity contribution in [1.29, 1.82) is 0 Å². The van der Waals surface area contributed by atoms with Crippen molar-refractivity contribution in [2.45, 2.75) is 18.9 Å². The maximum Gasteiger partial charge on any atom is 0.169 e. The van der Waals surface area contributed by atoms with E-state index in [1.807, 2.05) is 18.2 Å². The number of dihydropyridines is 1. The second kappa shape index (κ2) is 8.04. The number of nitrogens with one attached hydrogen (secondary N) is 1. The van der Waals surface area contributed by atoms with Crippen molar-refractivity contribution in [1.82, 2.24) is 5.32 Å². The van der Waals surface area contributed by atoms with Crippen LogP contribution in [-0.2, 0) is 11.2 Å². The fourth-order valence-electron chi connectivity index (χ4n) is 3.50. The first-order valence-corrected chi connectivity index (χ1v) is 9.69. The molecule has 0 amide bonds. The molecular weight excluding hydrogens is 394 g/mol.